The molecule has 2 heterocycles. The van der Waals surface area contributed by atoms with Crippen LogP contribution in [0.5, 0.6) is 0 Å². The van der Waals surface area contributed by atoms with Gasteiger partial charge in [-0.05, 0) is 53.4 Å². The minimum absolute atomic E-state index is 0.0738. The summed E-state index contributed by atoms with van der Waals surface area (Å²) in [5.41, 5.74) is 6.36. The van der Waals surface area contributed by atoms with Crippen LogP contribution in [0.1, 0.15) is 16.7 Å². The predicted octanol–water partition coefficient (Wildman–Crippen LogP) is 6.93. The number of aryl methyl sites for hydroxylation is 2. The number of thioether (sulfide) groups is 1. The molecule has 0 aliphatic carbocycles. The third kappa shape index (κ3) is 3.40. The fourth-order valence-electron chi connectivity index (χ4n) is 4.57. The molecule has 4 aromatic carbocycles. The molecule has 0 amide bonds. The lowest BCUT2D eigenvalue weighted by Gasteiger charge is -2.15. The van der Waals surface area contributed by atoms with E-state index < -0.39 is 0 Å². The summed E-state index contributed by atoms with van der Waals surface area (Å²) in [6.45, 7) is 4.08. The Kier molecular flexibility index (Phi) is 5.00. The van der Waals surface area contributed by atoms with Crippen molar-refractivity contribution in [3.63, 3.8) is 0 Å². The Bertz CT molecular complexity index is 1760. The van der Waals surface area contributed by atoms with Crippen molar-refractivity contribution in [3.8, 4) is 5.69 Å². The average Bonchev–Trinajstić information content (AvgIpc) is 3.23. The van der Waals surface area contributed by atoms with Gasteiger partial charge in [0.15, 0.2) is 5.16 Å². The van der Waals surface area contributed by atoms with Gasteiger partial charge in [-0.1, -0.05) is 84.6 Å². The van der Waals surface area contributed by atoms with Gasteiger partial charge in [-0.25, -0.2) is 4.98 Å². The molecule has 5 heteroatoms. The quantitative estimate of drug-likeness (QED) is 0.229. The maximum absolute atomic E-state index is 13.9. The van der Waals surface area contributed by atoms with Crippen LogP contribution < -0.4 is 5.56 Å². The number of fused-ring (bicyclic) bond motifs is 4. The molecule has 0 spiro atoms. The van der Waals surface area contributed by atoms with E-state index in [1.54, 1.807) is 16.3 Å². The van der Waals surface area contributed by atoms with Crippen LogP contribution in [0.2, 0.25) is 0 Å². The van der Waals surface area contributed by atoms with E-state index in [4.69, 9.17) is 4.98 Å². The Labute approximate surface area is 201 Å². The van der Waals surface area contributed by atoms with Gasteiger partial charge in [-0.2, -0.15) is 0 Å². The molecule has 0 radical (unpaired) electrons. The summed E-state index contributed by atoms with van der Waals surface area (Å²) in [7, 11) is 0. The Balaban J connectivity index is 1.57. The minimum Gasteiger partial charge on any atom is -0.349 e. The second-order valence-electron chi connectivity index (χ2n) is 8.65. The predicted molar refractivity (Wildman–Crippen MR) is 142 cm³/mol. The number of hydrogen-bond donors (Lipinski definition) is 1. The van der Waals surface area contributed by atoms with Crippen molar-refractivity contribution in [1.82, 2.24) is 14.5 Å². The standard InChI is InChI=1S/C29H23N3OS/c1-18-14-15-19(2)25(16-18)32-28(33)27-26(23-12-5-6-13-24(23)30-27)31-29(32)34-17-21-10-7-9-20-8-3-4-11-22(20)21/h3-16,30H,17H2,1-2H3. The highest BCUT2D eigenvalue weighted by Gasteiger charge is 2.18. The van der Waals surface area contributed by atoms with E-state index in [9.17, 15) is 4.79 Å². The number of aromatic nitrogens is 3. The number of nitrogens with one attached hydrogen (secondary N) is 1. The molecule has 6 aromatic rings. The molecular formula is C29H23N3OS. The zero-order chi connectivity index (χ0) is 23.2. The number of aromatic amines is 1. The second-order valence-corrected chi connectivity index (χ2v) is 9.59. The van der Waals surface area contributed by atoms with Crippen LogP contribution in [-0.4, -0.2) is 14.5 Å². The number of H-pyrrole nitrogens is 1. The first-order valence-corrected chi connectivity index (χ1v) is 12.3. The van der Waals surface area contributed by atoms with Crippen LogP contribution in [0, 0.1) is 13.8 Å². The fraction of sp³-hybridized carbons (Fsp3) is 0.103. The summed E-state index contributed by atoms with van der Waals surface area (Å²) in [6.07, 6.45) is 0. The molecule has 0 fully saturated rings. The van der Waals surface area contributed by atoms with Crippen molar-refractivity contribution in [2.24, 2.45) is 0 Å². The summed E-state index contributed by atoms with van der Waals surface area (Å²) < 4.78 is 1.77. The summed E-state index contributed by atoms with van der Waals surface area (Å²) in [5.74, 6) is 0.715. The normalized spacial score (nSPS) is 11.6. The fourth-order valence-corrected chi connectivity index (χ4v) is 5.58. The van der Waals surface area contributed by atoms with Crippen LogP contribution in [0.15, 0.2) is 94.9 Å². The number of rotatable bonds is 4. The molecule has 0 saturated heterocycles. The Morgan fingerprint density at radius 1 is 0.882 bits per heavy atom. The molecule has 0 unspecified atom stereocenters. The smallest absolute Gasteiger partial charge is 0.283 e. The van der Waals surface area contributed by atoms with Gasteiger partial charge in [0.05, 0.1) is 5.69 Å². The van der Waals surface area contributed by atoms with E-state index in [-0.39, 0.29) is 5.56 Å². The van der Waals surface area contributed by atoms with Gasteiger partial charge in [-0.3, -0.25) is 9.36 Å². The first-order chi connectivity index (χ1) is 16.6. The highest BCUT2D eigenvalue weighted by Crippen LogP contribution is 2.31. The van der Waals surface area contributed by atoms with Crippen LogP contribution in [0.4, 0.5) is 0 Å². The second kappa shape index (κ2) is 8.19. The van der Waals surface area contributed by atoms with Gasteiger partial charge in [0.1, 0.15) is 11.0 Å². The number of hydrogen-bond acceptors (Lipinski definition) is 3. The summed E-state index contributed by atoms with van der Waals surface area (Å²) >= 11 is 1.60. The van der Waals surface area contributed by atoms with E-state index in [0.29, 0.717) is 16.4 Å². The highest BCUT2D eigenvalue weighted by atomic mass is 32.2. The van der Waals surface area contributed by atoms with Crippen LogP contribution >= 0.6 is 11.8 Å². The van der Waals surface area contributed by atoms with Gasteiger partial charge in [0.25, 0.3) is 5.56 Å². The van der Waals surface area contributed by atoms with Crippen molar-refractivity contribution in [3.05, 3.63) is 112 Å². The lowest BCUT2D eigenvalue weighted by atomic mass is 10.1. The molecule has 34 heavy (non-hydrogen) atoms. The molecular weight excluding hydrogens is 438 g/mol. The van der Waals surface area contributed by atoms with Crippen LogP contribution in [0.25, 0.3) is 38.4 Å². The summed E-state index contributed by atoms with van der Waals surface area (Å²) in [5, 5.41) is 4.11. The van der Waals surface area contributed by atoms with Crippen LogP contribution in [0.3, 0.4) is 0 Å². The zero-order valence-corrected chi connectivity index (χ0v) is 19.8. The zero-order valence-electron chi connectivity index (χ0n) is 19.0. The monoisotopic (exact) mass is 461 g/mol. The first kappa shape index (κ1) is 20.8. The van der Waals surface area contributed by atoms with Crippen molar-refractivity contribution in [2.75, 3.05) is 0 Å². The third-order valence-corrected chi connectivity index (χ3v) is 7.32. The molecule has 1 N–H and O–H groups in total. The molecule has 0 aliphatic heterocycles. The van der Waals surface area contributed by atoms with Crippen molar-refractivity contribution in [2.45, 2.75) is 24.8 Å². The van der Waals surface area contributed by atoms with E-state index >= 15 is 0 Å². The van der Waals surface area contributed by atoms with E-state index in [2.05, 4.69) is 65.6 Å². The van der Waals surface area contributed by atoms with Crippen molar-refractivity contribution >= 4 is 44.5 Å². The van der Waals surface area contributed by atoms with Gasteiger partial charge in [0, 0.05) is 16.7 Å². The Hall–Kier alpha value is -3.83. The summed E-state index contributed by atoms with van der Waals surface area (Å²) in [4.78, 5) is 22.3. The van der Waals surface area contributed by atoms with E-state index in [1.165, 1.54) is 16.3 Å². The molecule has 0 bridgehead atoms. The summed E-state index contributed by atoms with van der Waals surface area (Å²) in [6, 6.07) is 28.9. The molecule has 0 saturated carbocycles. The minimum atomic E-state index is -0.0738. The lowest BCUT2D eigenvalue weighted by molar-refractivity contribution is 0.812. The molecule has 166 valence electrons. The van der Waals surface area contributed by atoms with Crippen LogP contribution in [-0.2, 0) is 5.75 Å². The Morgan fingerprint density at radius 3 is 2.53 bits per heavy atom. The maximum Gasteiger partial charge on any atom is 0.283 e. The molecule has 0 aliphatic rings. The maximum atomic E-state index is 13.9. The molecule has 6 rings (SSSR count). The average molecular weight is 462 g/mol. The molecule has 0 atom stereocenters. The number of nitrogens with zero attached hydrogens (tertiary/aromatic N) is 2. The molecule has 2 aromatic heterocycles. The third-order valence-electron chi connectivity index (χ3n) is 6.34. The van der Waals surface area contributed by atoms with E-state index in [1.807, 2.05) is 38.1 Å². The largest absolute Gasteiger partial charge is 0.349 e. The van der Waals surface area contributed by atoms with Crippen molar-refractivity contribution < 1.29 is 0 Å². The number of para-hydroxylation sites is 1. The van der Waals surface area contributed by atoms with Gasteiger partial charge in [-0.15, -0.1) is 0 Å². The SMILES string of the molecule is Cc1ccc(C)c(-n2c(SCc3cccc4ccccc34)nc3c([nH]c4ccccc43)c2=O)c1. The van der Waals surface area contributed by atoms with Gasteiger partial charge < -0.3 is 4.98 Å². The van der Waals surface area contributed by atoms with Crippen molar-refractivity contribution in [1.29, 1.82) is 0 Å². The van der Waals surface area contributed by atoms with E-state index in [0.717, 1.165) is 33.2 Å². The Morgan fingerprint density at radius 2 is 1.65 bits per heavy atom. The first-order valence-electron chi connectivity index (χ1n) is 11.3. The lowest BCUT2D eigenvalue weighted by Crippen LogP contribution is -2.22. The highest BCUT2D eigenvalue weighted by molar-refractivity contribution is 7.98. The topological polar surface area (TPSA) is 50.7 Å². The van der Waals surface area contributed by atoms with Gasteiger partial charge in [0.2, 0.25) is 0 Å². The molecule has 4 nitrogen and oxygen atoms in total. The number of benzene rings is 4. The van der Waals surface area contributed by atoms with Gasteiger partial charge >= 0.3 is 0 Å².